The zero-order valence-electron chi connectivity index (χ0n) is 14.0. The van der Waals surface area contributed by atoms with Gasteiger partial charge in [-0.2, -0.15) is 0 Å². The maximum absolute atomic E-state index is 11.5. The Hall–Kier alpha value is -2.85. The van der Waals surface area contributed by atoms with Crippen molar-refractivity contribution in [3.05, 3.63) is 33.6 Å². The second kappa shape index (κ2) is 7.81. The molecule has 2 N–H and O–H groups in total. The molecule has 0 bridgehead atoms. The maximum Gasteiger partial charge on any atom is 0.354 e. The summed E-state index contributed by atoms with van der Waals surface area (Å²) in [5.74, 6) is 0.836. The summed E-state index contributed by atoms with van der Waals surface area (Å²) in [5.41, 5.74) is 2.84. The SMILES string of the molecule is COc1cc(OC)c(Nc2ncnc(NN(C)C)c2[N+](=O)[O-])cc1Cl. The molecule has 0 aliphatic carbocycles. The number of rotatable bonds is 7. The highest BCUT2D eigenvalue weighted by molar-refractivity contribution is 6.32. The highest BCUT2D eigenvalue weighted by Crippen LogP contribution is 2.39. The summed E-state index contributed by atoms with van der Waals surface area (Å²) in [7, 11) is 6.31. The monoisotopic (exact) mass is 368 g/mol. The van der Waals surface area contributed by atoms with E-state index in [-0.39, 0.29) is 17.3 Å². The van der Waals surface area contributed by atoms with Crippen LogP contribution in [0.4, 0.5) is 23.0 Å². The van der Waals surface area contributed by atoms with Crippen molar-refractivity contribution in [3.63, 3.8) is 0 Å². The Labute approximate surface area is 148 Å². The Morgan fingerprint density at radius 3 is 2.36 bits per heavy atom. The lowest BCUT2D eigenvalue weighted by molar-refractivity contribution is -0.383. The quantitative estimate of drug-likeness (QED) is 0.562. The average Bonchev–Trinajstić information content (AvgIpc) is 2.54. The molecule has 0 spiro atoms. The van der Waals surface area contributed by atoms with E-state index >= 15 is 0 Å². The molecule has 134 valence electrons. The number of anilines is 3. The van der Waals surface area contributed by atoms with Crippen molar-refractivity contribution >= 4 is 34.6 Å². The van der Waals surface area contributed by atoms with Crippen LogP contribution in [0.25, 0.3) is 0 Å². The van der Waals surface area contributed by atoms with E-state index in [9.17, 15) is 10.1 Å². The molecule has 1 aromatic heterocycles. The van der Waals surface area contributed by atoms with E-state index in [1.807, 2.05) is 0 Å². The lowest BCUT2D eigenvalue weighted by Gasteiger charge is -2.15. The molecule has 0 aliphatic rings. The number of hydrogen-bond donors (Lipinski definition) is 2. The molecule has 10 nitrogen and oxygen atoms in total. The van der Waals surface area contributed by atoms with Gasteiger partial charge >= 0.3 is 5.69 Å². The minimum atomic E-state index is -0.578. The molecule has 2 aromatic rings. The van der Waals surface area contributed by atoms with E-state index in [2.05, 4.69) is 20.7 Å². The van der Waals surface area contributed by atoms with E-state index in [1.165, 1.54) is 31.6 Å². The molecule has 0 saturated carbocycles. The fourth-order valence-electron chi connectivity index (χ4n) is 2.02. The summed E-state index contributed by atoms with van der Waals surface area (Å²) in [6.07, 6.45) is 1.21. The number of ether oxygens (including phenoxy) is 2. The zero-order chi connectivity index (χ0) is 18.6. The largest absolute Gasteiger partial charge is 0.495 e. The van der Waals surface area contributed by atoms with Gasteiger partial charge in [0.2, 0.25) is 11.6 Å². The maximum atomic E-state index is 11.5. The number of methoxy groups -OCH3 is 2. The van der Waals surface area contributed by atoms with E-state index in [1.54, 1.807) is 20.2 Å². The number of halogens is 1. The van der Waals surface area contributed by atoms with Gasteiger partial charge in [0, 0.05) is 20.2 Å². The minimum Gasteiger partial charge on any atom is -0.495 e. The van der Waals surface area contributed by atoms with E-state index in [4.69, 9.17) is 21.1 Å². The van der Waals surface area contributed by atoms with Gasteiger partial charge in [0.05, 0.1) is 29.9 Å². The fraction of sp³-hybridized carbons (Fsp3) is 0.286. The van der Waals surface area contributed by atoms with Gasteiger partial charge in [-0.3, -0.25) is 15.5 Å². The molecule has 0 fully saturated rings. The van der Waals surface area contributed by atoms with Crippen molar-refractivity contribution in [2.75, 3.05) is 39.1 Å². The van der Waals surface area contributed by atoms with E-state index in [0.717, 1.165) is 0 Å². The van der Waals surface area contributed by atoms with Crippen LogP contribution < -0.4 is 20.2 Å². The molecule has 1 heterocycles. The van der Waals surface area contributed by atoms with Gasteiger partial charge in [0.25, 0.3) is 0 Å². The van der Waals surface area contributed by atoms with Gasteiger partial charge < -0.3 is 14.8 Å². The van der Waals surface area contributed by atoms with Crippen LogP contribution in [0.3, 0.4) is 0 Å². The number of nitro groups is 1. The van der Waals surface area contributed by atoms with Crippen molar-refractivity contribution in [1.29, 1.82) is 0 Å². The molecule has 0 radical (unpaired) electrons. The van der Waals surface area contributed by atoms with E-state index in [0.29, 0.717) is 22.2 Å². The first-order chi connectivity index (χ1) is 11.9. The molecule has 25 heavy (non-hydrogen) atoms. The number of aromatic nitrogens is 2. The smallest absolute Gasteiger partial charge is 0.354 e. The van der Waals surface area contributed by atoms with Gasteiger partial charge in [0.1, 0.15) is 17.8 Å². The van der Waals surface area contributed by atoms with Gasteiger partial charge in [-0.05, 0) is 6.07 Å². The van der Waals surface area contributed by atoms with Crippen molar-refractivity contribution in [3.8, 4) is 11.5 Å². The second-order valence-corrected chi connectivity index (χ2v) is 5.40. The van der Waals surface area contributed by atoms with E-state index < -0.39 is 4.92 Å². The molecule has 11 heteroatoms. The van der Waals surface area contributed by atoms with Crippen LogP contribution in [0.1, 0.15) is 0 Å². The molecule has 0 aliphatic heterocycles. The Morgan fingerprint density at radius 2 is 1.80 bits per heavy atom. The van der Waals surface area contributed by atoms with Crippen molar-refractivity contribution < 1.29 is 14.4 Å². The second-order valence-electron chi connectivity index (χ2n) is 4.99. The standard InChI is InChI=1S/C14H17ClN6O4/c1-20(2)19-14-12(21(22)23)13(16-7-17-14)18-9-5-8(15)10(24-3)6-11(9)25-4/h5-7H,1-4H3,(H2,16,17,18,19). The number of nitrogens with zero attached hydrogens (tertiary/aromatic N) is 4. The third kappa shape index (κ3) is 4.17. The third-order valence-electron chi connectivity index (χ3n) is 3.06. The molecule has 2 rings (SSSR count). The van der Waals surface area contributed by atoms with Crippen LogP contribution in [0, 0.1) is 10.1 Å². The molecular weight excluding hydrogens is 352 g/mol. The normalized spacial score (nSPS) is 10.5. The number of benzene rings is 1. The average molecular weight is 369 g/mol. The first kappa shape index (κ1) is 18.5. The lowest BCUT2D eigenvalue weighted by atomic mass is 10.2. The minimum absolute atomic E-state index is 0.0103. The van der Waals surface area contributed by atoms with Crippen LogP contribution in [-0.2, 0) is 0 Å². The molecule has 0 atom stereocenters. The summed E-state index contributed by atoms with van der Waals surface area (Å²) >= 11 is 6.12. The first-order valence-corrected chi connectivity index (χ1v) is 7.37. The highest BCUT2D eigenvalue weighted by atomic mass is 35.5. The summed E-state index contributed by atoms with van der Waals surface area (Å²) in [6, 6.07) is 3.10. The molecular formula is C14H17ClN6O4. The molecule has 0 unspecified atom stereocenters. The van der Waals surface area contributed by atoms with Gasteiger partial charge in [-0.25, -0.2) is 15.0 Å². The predicted molar refractivity (Wildman–Crippen MR) is 93.8 cm³/mol. The van der Waals surface area contributed by atoms with Crippen molar-refractivity contribution in [2.45, 2.75) is 0 Å². The van der Waals surface area contributed by atoms with Crippen LogP contribution in [0.5, 0.6) is 11.5 Å². The fourth-order valence-corrected chi connectivity index (χ4v) is 2.26. The summed E-state index contributed by atoms with van der Waals surface area (Å²) in [6.45, 7) is 0. The Bertz CT molecular complexity index is 786. The summed E-state index contributed by atoms with van der Waals surface area (Å²) in [4.78, 5) is 18.8. The number of hydrogen-bond acceptors (Lipinski definition) is 9. The van der Waals surface area contributed by atoms with Crippen LogP contribution in [0.2, 0.25) is 5.02 Å². The number of hydrazine groups is 1. The van der Waals surface area contributed by atoms with Gasteiger partial charge in [-0.1, -0.05) is 11.6 Å². The first-order valence-electron chi connectivity index (χ1n) is 6.99. The topological polar surface area (TPSA) is 115 Å². The summed E-state index contributed by atoms with van der Waals surface area (Å²) < 4.78 is 10.4. The lowest BCUT2D eigenvalue weighted by Crippen LogP contribution is -2.21. The Morgan fingerprint density at radius 1 is 1.16 bits per heavy atom. The summed E-state index contributed by atoms with van der Waals surface area (Å²) in [5, 5.41) is 16.2. The Balaban J connectivity index is 2.50. The Kier molecular flexibility index (Phi) is 5.78. The zero-order valence-corrected chi connectivity index (χ0v) is 14.8. The molecule has 1 aromatic carbocycles. The highest BCUT2D eigenvalue weighted by Gasteiger charge is 2.24. The van der Waals surface area contributed by atoms with Gasteiger partial charge in [-0.15, -0.1) is 0 Å². The molecule has 0 saturated heterocycles. The van der Waals surface area contributed by atoms with Gasteiger partial charge in [0.15, 0.2) is 0 Å². The van der Waals surface area contributed by atoms with Crippen molar-refractivity contribution in [1.82, 2.24) is 15.0 Å². The number of nitrogens with one attached hydrogen (secondary N) is 2. The van der Waals surface area contributed by atoms with Crippen LogP contribution >= 0.6 is 11.6 Å². The predicted octanol–water partition coefficient (Wildman–Crippen LogP) is 2.69. The molecule has 0 amide bonds. The van der Waals surface area contributed by atoms with Crippen LogP contribution in [0.15, 0.2) is 18.5 Å². The van der Waals surface area contributed by atoms with Crippen LogP contribution in [-0.4, -0.2) is 48.2 Å². The van der Waals surface area contributed by atoms with Crippen molar-refractivity contribution in [2.24, 2.45) is 0 Å². The third-order valence-corrected chi connectivity index (χ3v) is 3.36.